The summed E-state index contributed by atoms with van der Waals surface area (Å²) in [6.45, 7) is 7.76. The molecule has 3 aromatic heterocycles. The molecular formula is C18H22N4O3S. The van der Waals surface area contributed by atoms with E-state index in [1.807, 2.05) is 45.2 Å². The van der Waals surface area contributed by atoms with Gasteiger partial charge in [-0.25, -0.2) is 9.48 Å². The van der Waals surface area contributed by atoms with Crippen LogP contribution in [-0.4, -0.2) is 32.6 Å². The maximum atomic E-state index is 13.2. The van der Waals surface area contributed by atoms with Crippen molar-refractivity contribution in [3.63, 3.8) is 0 Å². The molecular weight excluding hydrogens is 352 g/mol. The first-order chi connectivity index (χ1) is 12.3. The molecule has 8 heteroatoms. The number of fused-ring (bicyclic) bond motifs is 1. The Balaban J connectivity index is 2.41. The number of nitrogens with zero attached hydrogens (tertiary/aromatic N) is 4. The molecule has 0 bridgehead atoms. The number of carbonyl (C=O) groups excluding carboxylic acids is 1. The van der Waals surface area contributed by atoms with Crippen LogP contribution in [-0.2, 0) is 15.1 Å². The van der Waals surface area contributed by atoms with Gasteiger partial charge in [-0.3, -0.25) is 9.48 Å². The van der Waals surface area contributed by atoms with Crippen molar-refractivity contribution in [2.24, 2.45) is 0 Å². The first-order valence-corrected chi connectivity index (χ1v) is 9.30. The van der Waals surface area contributed by atoms with Gasteiger partial charge in [0.25, 0.3) is 5.56 Å². The lowest BCUT2D eigenvalue weighted by molar-refractivity contribution is -0.145. The zero-order valence-corrected chi connectivity index (χ0v) is 16.3. The first-order valence-electron chi connectivity index (χ1n) is 8.42. The van der Waals surface area contributed by atoms with Crippen molar-refractivity contribution < 1.29 is 9.53 Å². The zero-order chi connectivity index (χ0) is 19.1. The van der Waals surface area contributed by atoms with E-state index in [1.165, 1.54) is 23.1 Å². The van der Waals surface area contributed by atoms with Gasteiger partial charge in [0.2, 0.25) is 0 Å². The largest absolute Gasteiger partial charge is 0.467 e. The summed E-state index contributed by atoms with van der Waals surface area (Å²) in [6, 6.07) is 3.09. The van der Waals surface area contributed by atoms with Crippen molar-refractivity contribution in [3.05, 3.63) is 34.1 Å². The van der Waals surface area contributed by atoms with E-state index in [-0.39, 0.29) is 11.1 Å². The molecule has 7 nitrogen and oxygen atoms in total. The van der Waals surface area contributed by atoms with Gasteiger partial charge < -0.3 is 4.74 Å². The van der Waals surface area contributed by atoms with E-state index in [1.54, 1.807) is 10.9 Å². The highest BCUT2D eigenvalue weighted by atomic mass is 32.1. The van der Waals surface area contributed by atoms with Crippen LogP contribution in [0.5, 0.6) is 0 Å². The van der Waals surface area contributed by atoms with Crippen molar-refractivity contribution in [1.82, 2.24) is 19.6 Å². The number of aromatic nitrogens is 4. The molecule has 0 aliphatic carbocycles. The maximum Gasteiger partial charge on any atom is 0.330 e. The minimum absolute atomic E-state index is 0.343. The summed E-state index contributed by atoms with van der Waals surface area (Å²) in [7, 11) is 1.31. The molecule has 0 saturated carbocycles. The van der Waals surface area contributed by atoms with Gasteiger partial charge in [0.05, 0.1) is 29.1 Å². The summed E-state index contributed by atoms with van der Waals surface area (Å²) >= 11 is 1.52. The fourth-order valence-corrected chi connectivity index (χ4v) is 3.66. The van der Waals surface area contributed by atoms with Gasteiger partial charge in [0.15, 0.2) is 6.04 Å². The zero-order valence-electron chi connectivity index (χ0n) is 15.5. The lowest BCUT2D eigenvalue weighted by atomic mass is 10.1. The van der Waals surface area contributed by atoms with Gasteiger partial charge in [-0.2, -0.15) is 10.2 Å². The summed E-state index contributed by atoms with van der Waals surface area (Å²) in [4.78, 5) is 26.4. The number of carbonyl (C=O) groups is 1. The van der Waals surface area contributed by atoms with Crippen molar-refractivity contribution >= 4 is 28.2 Å². The molecule has 0 aromatic carbocycles. The molecule has 3 heterocycles. The molecule has 0 amide bonds. The minimum Gasteiger partial charge on any atom is -0.467 e. The van der Waals surface area contributed by atoms with Crippen LogP contribution in [0.2, 0.25) is 0 Å². The lowest BCUT2D eigenvalue weighted by Crippen LogP contribution is -2.35. The van der Waals surface area contributed by atoms with Crippen LogP contribution in [0.4, 0.5) is 0 Å². The predicted octanol–water partition coefficient (Wildman–Crippen LogP) is 3.20. The summed E-state index contributed by atoms with van der Waals surface area (Å²) in [5.41, 5.74) is 0.357. The van der Waals surface area contributed by atoms with Crippen molar-refractivity contribution in [3.8, 4) is 10.6 Å². The van der Waals surface area contributed by atoms with Gasteiger partial charge in [-0.15, -0.1) is 11.3 Å². The smallest absolute Gasteiger partial charge is 0.330 e. The van der Waals surface area contributed by atoms with Crippen LogP contribution in [0.25, 0.3) is 21.5 Å². The molecule has 1 unspecified atom stereocenters. The molecule has 138 valence electrons. The predicted molar refractivity (Wildman–Crippen MR) is 101 cm³/mol. The topological polar surface area (TPSA) is 79.0 Å². The molecule has 0 saturated heterocycles. The third-order valence-corrected chi connectivity index (χ3v) is 5.06. The van der Waals surface area contributed by atoms with E-state index in [4.69, 9.17) is 4.74 Å². The molecule has 3 rings (SSSR count). The van der Waals surface area contributed by atoms with E-state index >= 15 is 0 Å². The summed E-state index contributed by atoms with van der Waals surface area (Å²) < 4.78 is 7.82. The van der Waals surface area contributed by atoms with Gasteiger partial charge in [-0.05, 0) is 38.6 Å². The second kappa shape index (κ2) is 6.68. The third-order valence-electron chi connectivity index (χ3n) is 4.19. The van der Waals surface area contributed by atoms with Crippen LogP contribution in [0.3, 0.4) is 0 Å². The Morgan fingerprint density at radius 1 is 1.38 bits per heavy atom. The SMILES string of the molecule is CCC(C(=O)OC)n1nc(-c2cccs2)c2cnn(C(C)(C)C)c2c1=O. The minimum atomic E-state index is -0.779. The molecule has 0 aliphatic rings. The number of hydrogen-bond acceptors (Lipinski definition) is 6. The second-order valence-corrected chi connectivity index (χ2v) is 7.96. The number of methoxy groups -OCH3 is 1. The molecule has 0 spiro atoms. The summed E-state index contributed by atoms with van der Waals surface area (Å²) in [5, 5.41) is 11.6. The highest BCUT2D eigenvalue weighted by molar-refractivity contribution is 7.13. The fourth-order valence-electron chi connectivity index (χ4n) is 2.93. The van der Waals surface area contributed by atoms with E-state index < -0.39 is 12.0 Å². The van der Waals surface area contributed by atoms with Gasteiger partial charge in [0.1, 0.15) is 11.2 Å². The highest BCUT2D eigenvalue weighted by Crippen LogP contribution is 2.30. The average Bonchev–Trinajstić information content (AvgIpc) is 3.26. The Labute approximate surface area is 155 Å². The standard InChI is InChI=1S/C18H22N4O3S/c1-6-12(17(24)25-5)21-16(23)15-11(10-19-22(15)18(2,3)4)14(20-21)13-8-7-9-26-13/h7-10,12H,6H2,1-5H3. The third kappa shape index (κ3) is 2.94. The molecule has 0 aliphatic heterocycles. The molecule has 0 fully saturated rings. The average molecular weight is 374 g/mol. The lowest BCUT2D eigenvalue weighted by Gasteiger charge is -2.21. The molecule has 0 N–H and O–H groups in total. The van der Waals surface area contributed by atoms with Crippen molar-refractivity contribution in [2.45, 2.75) is 45.7 Å². The van der Waals surface area contributed by atoms with E-state index in [0.29, 0.717) is 23.0 Å². The van der Waals surface area contributed by atoms with Crippen LogP contribution in [0, 0.1) is 0 Å². The van der Waals surface area contributed by atoms with Crippen LogP contribution in [0.15, 0.2) is 28.5 Å². The number of thiophene rings is 1. The van der Waals surface area contributed by atoms with Crippen molar-refractivity contribution in [1.29, 1.82) is 0 Å². The molecule has 3 aromatic rings. The summed E-state index contributed by atoms with van der Waals surface area (Å²) in [6.07, 6.45) is 2.08. The number of ether oxygens (including phenoxy) is 1. The monoisotopic (exact) mass is 374 g/mol. The first kappa shape index (κ1) is 18.3. The molecule has 26 heavy (non-hydrogen) atoms. The molecule has 0 radical (unpaired) electrons. The van der Waals surface area contributed by atoms with Crippen molar-refractivity contribution in [2.75, 3.05) is 7.11 Å². The van der Waals surface area contributed by atoms with Gasteiger partial charge in [-0.1, -0.05) is 13.0 Å². The van der Waals surface area contributed by atoms with Crippen LogP contribution >= 0.6 is 11.3 Å². The quantitative estimate of drug-likeness (QED) is 0.655. The second-order valence-electron chi connectivity index (χ2n) is 7.01. The Bertz CT molecular complexity index is 996. The Morgan fingerprint density at radius 3 is 2.65 bits per heavy atom. The Hall–Kier alpha value is -2.48. The Kier molecular flexibility index (Phi) is 4.70. The van der Waals surface area contributed by atoms with Gasteiger partial charge >= 0.3 is 5.97 Å². The maximum absolute atomic E-state index is 13.2. The van der Waals surface area contributed by atoms with Crippen LogP contribution < -0.4 is 5.56 Å². The molecule has 1 atom stereocenters. The Morgan fingerprint density at radius 2 is 2.12 bits per heavy atom. The summed E-state index contributed by atoms with van der Waals surface area (Å²) in [5.74, 6) is -0.486. The van der Waals surface area contributed by atoms with E-state index in [2.05, 4.69) is 10.2 Å². The van der Waals surface area contributed by atoms with Crippen LogP contribution in [0.1, 0.15) is 40.2 Å². The van der Waals surface area contributed by atoms with E-state index in [0.717, 1.165) is 4.88 Å². The van der Waals surface area contributed by atoms with E-state index in [9.17, 15) is 9.59 Å². The normalized spacial score (nSPS) is 13.1. The highest BCUT2D eigenvalue weighted by Gasteiger charge is 2.28. The number of hydrogen-bond donors (Lipinski definition) is 0. The fraction of sp³-hybridized carbons (Fsp3) is 0.444. The number of rotatable bonds is 4. The number of esters is 1. The van der Waals surface area contributed by atoms with Gasteiger partial charge in [0, 0.05) is 0 Å².